The number of rotatable bonds is 2. The SMILES string of the molecule is CC(N)c1nc(C(=O)N2CCCS(=O)(=O)CC2)cs1. The highest BCUT2D eigenvalue weighted by Crippen LogP contribution is 2.18. The van der Waals surface area contributed by atoms with Gasteiger partial charge in [-0.1, -0.05) is 0 Å². The Bertz CT molecular complexity index is 565. The summed E-state index contributed by atoms with van der Waals surface area (Å²) in [5, 5.41) is 2.39. The predicted octanol–water partition coefficient (Wildman–Crippen LogP) is 0.423. The van der Waals surface area contributed by atoms with E-state index in [0.717, 1.165) is 0 Å². The molecule has 1 aromatic heterocycles. The first-order valence-electron chi connectivity index (χ1n) is 6.10. The molecule has 2 rings (SSSR count). The quantitative estimate of drug-likeness (QED) is 0.855. The second kappa shape index (κ2) is 5.56. The minimum Gasteiger partial charge on any atom is -0.336 e. The van der Waals surface area contributed by atoms with Crippen LogP contribution >= 0.6 is 11.3 Å². The first kappa shape index (κ1) is 14.4. The molecule has 2 heterocycles. The van der Waals surface area contributed by atoms with Crippen LogP contribution in [-0.4, -0.2) is 48.8 Å². The topological polar surface area (TPSA) is 93.4 Å². The molecule has 2 N–H and O–H groups in total. The number of amides is 1. The van der Waals surface area contributed by atoms with Gasteiger partial charge < -0.3 is 10.6 Å². The van der Waals surface area contributed by atoms with Crippen LogP contribution in [0, 0.1) is 0 Å². The largest absolute Gasteiger partial charge is 0.336 e. The van der Waals surface area contributed by atoms with Crippen molar-refractivity contribution in [3.05, 3.63) is 16.1 Å². The van der Waals surface area contributed by atoms with Gasteiger partial charge in [0.2, 0.25) is 0 Å². The third-order valence-corrected chi connectivity index (χ3v) is 5.73. The van der Waals surface area contributed by atoms with Crippen LogP contribution in [0.15, 0.2) is 5.38 Å². The van der Waals surface area contributed by atoms with Gasteiger partial charge in [0.1, 0.15) is 10.7 Å². The minimum atomic E-state index is -3.01. The van der Waals surface area contributed by atoms with Crippen molar-refractivity contribution in [2.45, 2.75) is 19.4 Å². The zero-order valence-corrected chi connectivity index (χ0v) is 12.3. The van der Waals surface area contributed by atoms with Crippen LogP contribution in [0.2, 0.25) is 0 Å². The number of carbonyl (C=O) groups is 1. The van der Waals surface area contributed by atoms with E-state index >= 15 is 0 Å². The lowest BCUT2D eigenvalue weighted by molar-refractivity contribution is 0.0763. The van der Waals surface area contributed by atoms with E-state index in [1.807, 2.05) is 6.92 Å². The van der Waals surface area contributed by atoms with Crippen molar-refractivity contribution in [1.82, 2.24) is 9.88 Å². The van der Waals surface area contributed by atoms with Crippen LogP contribution in [-0.2, 0) is 9.84 Å². The molecule has 0 aromatic carbocycles. The third kappa shape index (κ3) is 3.52. The molecule has 8 heteroatoms. The predicted molar refractivity (Wildman–Crippen MR) is 73.9 cm³/mol. The maximum Gasteiger partial charge on any atom is 0.273 e. The lowest BCUT2D eigenvalue weighted by atomic mass is 10.3. The Labute approximate surface area is 116 Å². The Morgan fingerprint density at radius 3 is 2.84 bits per heavy atom. The van der Waals surface area contributed by atoms with Crippen LogP contribution in [0.4, 0.5) is 0 Å². The number of nitrogens with two attached hydrogens (primary N) is 1. The van der Waals surface area contributed by atoms with Crippen molar-refractivity contribution in [2.75, 3.05) is 24.6 Å². The Kier molecular flexibility index (Phi) is 4.22. The molecule has 0 spiro atoms. The highest BCUT2D eigenvalue weighted by Gasteiger charge is 2.24. The van der Waals surface area contributed by atoms with Gasteiger partial charge in [-0.25, -0.2) is 13.4 Å². The summed E-state index contributed by atoms with van der Waals surface area (Å²) in [6.07, 6.45) is 0.484. The lowest BCUT2D eigenvalue weighted by Gasteiger charge is -2.18. The van der Waals surface area contributed by atoms with E-state index in [1.165, 1.54) is 11.3 Å². The van der Waals surface area contributed by atoms with Gasteiger partial charge in [0.05, 0.1) is 17.5 Å². The van der Waals surface area contributed by atoms with E-state index in [4.69, 9.17) is 5.73 Å². The number of aromatic nitrogens is 1. The normalized spacial score (nSPS) is 20.8. The molecule has 1 aliphatic heterocycles. The molecule has 1 aliphatic rings. The van der Waals surface area contributed by atoms with Gasteiger partial charge >= 0.3 is 0 Å². The van der Waals surface area contributed by atoms with E-state index in [2.05, 4.69) is 4.98 Å². The molecular weight excluding hydrogens is 286 g/mol. The van der Waals surface area contributed by atoms with Crippen LogP contribution in [0.1, 0.15) is 34.9 Å². The second-order valence-corrected chi connectivity index (χ2v) is 7.85. The van der Waals surface area contributed by atoms with E-state index in [9.17, 15) is 13.2 Å². The van der Waals surface area contributed by atoms with Crippen molar-refractivity contribution in [2.24, 2.45) is 5.73 Å². The average Bonchev–Trinajstić information content (AvgIpc) is 2.75. The number of nitrogens with zero attached hydrogens (tertiary/aromatic N) is 2. The van der Waals surface area contributed by atoms with Crippen molar-refractivity contribution in [3.8, 4) is 0 Å². The van der Waals surface area contributed by atoms with Gasteiger partial charge in [-0.2, -0.15) is 0 Å². The van der Waals surface area contributed by atoms with Gasteiger partial charge in [-0.15, -0.1) is 11.3 Å². The standard InChI is InChI=1S/C11H17N3O3S2/c1-8(12)10-13-9(7-18-10)11(15)14-3-2-5-19(16,17)6-4-14/h7-8H,2-6,12H2,1H3. The van der Waals surface area contributed by atoms with E-state index < -0.39 is 9.84 Å². The van der Waals surface area contributed by atoms with Gasteiger partial charge in [-0.3, -0.25) is 4.79 Å². The Hall–Kier alpha value is -0.990. The molecule has 1 atom stereocenters. The maximum absolute atomic E-state index is 12.2. The minimum absolute atomic E-state index is 0.0308. The van der Waals surface area contributed by atoms with Crippen molar-refractivity contribution >= 4 is 27.1 Å². The summed E-state index contributed by atoms with van der Waals surface area (Å²) in [7, 11) is -3.01. The molecule has 0 aliphatic carbocycles. The number of carbonyl (C=O) groups excluding carboxylic acids is 1. The van der Waals surface area contributed by atoms with Gasteiger partial charge in [0.25, 0.3) is 5.91 Å². The number of sulfone groups is 1. The fraction of sp³-hybridized carbons (Fsp3) is 0.636. The summed E-state index contributed by atoms with van der Waals surface area (Å²) in [5.74, 6) is -0.0256. The molecule has 1 aromatic rings. The Morgan fingerprint density at radius 2 is 2.21 bits per heavy atom. The van der Waals surface area contributed by atoms with E-state index in [0.29, 0.717) is 23.7 Å². The summed E-state index contributed by atoms with van der Waals surface area (Å²) < 4.78 is 23.0. The van der Waals surface area contributed by atoms with Crippen LogP contribution < -0.4 is 5.73 Å². The third-order valence-electron chi connectivity index (χ3n) is 2.97. The summed E-state index contributed by atoms with van der Waals surface area (Å²) in [4.78, 5) is 18.0. The summed E-state index contributed by atoms with van der Waals surface area (Å²) >= 11 is 1.35. The van der Waals surface area contributed by atoms with E-state index in [1.54, 1.807) is 10.3 Å². The molecule has 106 valence electrons. The Morgan fingerprint density at radius 1 is 1.47 bits per heavy atom. The molecule has 1 fully saturated rings. The fourth-order valence-electron chi connectivity index (χ4n) is 1.90. The first-order valence-corrected chi connectivity index (χ1v) is 8.80. The monoisotopic (exact) mass is 303 g/mol. The molecule has 0 bridgehead atoms. The van der Waals surface area contributed by atoms with Crippen molar-refractivity contribution < 1.29 is 13.2 Å². The maximum atomic E-state index is 12.2. The molecule has 0 saturated carbocycles. The van der Waals surface area contributed by atoms with Gasteiger partial charge in [-0.05, 0) is 13.3 Å². The molecule has 19 heavy (non-hydrogen) atoms. The fourth-order valence-corrected chi connectivity index (χ4v) is 3.92. The molecule has 1 unspecified atom stereocenters. The number of hydrogen-bond donors (Lipinski definition) is 1. The molecule has 1 saturated heterocycles. The van der Waals surface area contributed by atoms with Gasteiger partial charge in [0, 0.05) is 18.5 Å². The highest BCUT2D eigenvalue weighted by atomic mass is 32.2. The molecule has 1 amide bonds. The zero-order chi connectivity index (χ0) is 14.0. The van der Waals surface area contributed by atoms with Crippen LogP contribution in [0.25, 0.3) is 0 Å². The smallest absolute Gasteiger partial charge is 0.273 e. The number of hydrogen-bond acceptors (Lipinski definition) is 6. The summed E-state index contributed by atoms with van der Waals surface area (Å²) in [6, 6.07) is -0.198. The summed E-state index contributed by atoms with van der Waals surface area (Å²) in [5.41, 5.74) is 6.07. The zero-order valence-electron chi connectivity index (χ0n) is 10.7. The molecule has 0 radical (unpaired) electrons. The van der Waals surface area contributed by atoms with Crippen molar-refractivity contribution in [3.63, 3.8) is 0 Å². The van der Waals surface area contributed by atoms with Gasteiger partial charge in [0.15, 0.2) is 9.84 Å². The number of thiazole rings is 1. The second-order valence-electron chi connectivity index (χ2n) is 4.66. The molecular formula is C11H17N3O3S2. The average molecular weight is 303 g/mol. The first-order chi connectivity index (χ1) is 8.89. The Balaban J connectivity index is 2.10. The van der Waals surface area contributed by atoms with Crippen LogP contribution in [0.5, 0.6) is 0 Å². The summed E-state index contributed by atoms with van der Waals surface area (Å²) in [6.45, 7) is 2.51. The van der Waals surface area contributed by atoms with Crippen LogP contribution in [0.3, 0.4) is 0 Å². The molecule has 6 nitrogen and oxygen atoms in total. The lowest BCUT2D eigenvalue weighted by Crippen LogP contribution is -2.33. The van der Waals surface area contributed by atoms with Crippen molar-refractivity contribution in [1.29, 1.82) is 0 Å². The highest BCUT2D eigenvalue weighted by molar-refractivity contribution is 7.91. The van der Waals surface area contributed by atoms with E-state index in [-0.39, 0.29) is 30.0 Å².